The molecular weight excluding hydrogens is 310 g/mol. The van der Waals surface area contributed by atoms with E-state index in [0.717, 1.165) is 18.4 Å². The van der Waals surface area contributed by atoms with E-state index >= 15 is 0 Å². The van der Waals surface area contributed by atoms with Crippen molar-refractivity contribution in [3.8, 4) is 0 Å². The van der Waals surface area contributed by atoms with Crippen LogP contribution in [0.3, 0.4) is 0 Å². The van der Waals surface area contributed by atoms with Crippen LogP contribution in [0.4, 0.5) is 5.69 Å². The van der Waals surface area contributed by atoms with Crippen molar-refractivity contribution in [2.45, 2.75) is 72.3 Å². The number of benzene rings is 1. The molecule has 0 aliphatic heterocycles. The molecule has 0 aromatic heterocycles. The molecule has 3 atom stereocenters. The first-order valence-electron chi connectivity index (χ1n) is 9.36. The molecular formula is C22H31NO2. The number of carbonyl (C=O) groups excluding carboxylic acids is 1. The third-order valence-corrected chi connectivity index (χ3v) is 5.38. The van der Waals surface area contributed by atoms with Crippen LogP contribution in [0.15, 0.2) is 18.2 Å². The molecule has 1 aromatic carbocycles. The highest BCUT2D eigenvalue weighted by molar-refractivity contribution is 5.90. The van der Waals surface area contributed by atoms with Crippen LogP contribution in [0.1, 0.15) is 76.7 Å². The largest absolute Gasteiger partial charge is 0.458 e. The maximum Gasteiger partial charge on any atom is 0.338 e. The van der Waals surface area contributed by atoms with Crippen molar-refractivity contribution in [3.63, 3.8) is 0 Å². The average molecular weight is 341 g/mol. The van der Waals surface area contributed by atoms with Crippen LogP contribution in [0.5, 0.6) is 0 Å². The van der Waals surface area contributed by atoms with Gasteiger partial charge in [0, 0.05) is 0 Å². The van der Waals surface area contributed by atoms with Crippen molar-refractivity contribution < 1.29 is 9.53 Å². The van der Waals surface area contributed by atoms with Crippen LogP contribution < -0.4 is 0 Å². The van der Waals surface area contributed by atoms with Crippen molar-refractivity contribution in [3.05, 3.63) is 40.7 Å². The second-order valence-corrected chi connectivity index (χ2v) is 8.86. The number of nitrogens with zero attached hydrogens (tertiary/aromatic N) is 1. The molecule has 1 fully saturated rings. The fraction of sp³-hybridized carbons (Fsp3) is 0.636. The van der Waals surface area contributed by atoms with Gasteiger partial charge < -0.3 is 4.74 Å². The number of carbonyl (C=O) groups is 1. The minimum Gasteiger partial charge on any atom is -0.458 e. The number of hydrogen-bond acceptors (Lipinski definition) is 2. The normalized spacial score (nSPS) is 24.0. The summed E-state index contributed by atoms with van der Waals surface area (Å²) in [5.41, 5.74) is 1.87. The predicted octanol–water partition coefficient (Wildman–Crippen LogP) is 6.15. The van der Waals surface area contributed by atoms with Crippen LogP contribution in [0.2, 0.25) is 0 Å². The van der Waals surface area contributed by atoms with Crippen LogP contribution in [-0.2, 0) is 10.2 Å². The average Bonchev–Trinajstić information content (AvgIpc) is 2.53. The number of ether oxygens (including phenoxy) is 1. The van der Waals surface area contributed by atoms with Gasteiger partial charge in [-0.15, -0.1) is 0 Å². The zero-order chi connectivity index (χ0) is 18.8. The SMILES string of the molecule is [C-]#[N+]c1ccc(C(=O)O[C@@H]2C[C@H](C)CC[C@H]2C(C)C)cc1C(C)(C)C. The first-order valence-corrected chi connectivity index (χ1v) is 9.36. The van der Waals surface area contributed by atoms with E-state index < -0.39 is 0 Å². The lowest BCUT2D eigenvalue weighted by molar-refractivity contribution is -0.0174. The molecule has 1 aromatic rings. The summed E-state index contributed by atoms with van der Waals surface area (Å²) in [6.07, 6.45) is 3.28. The Morgan fingerprint density at radius 1 is 1.28 bits per heavy atom. The van der Waals surface area contributed by atoms with Gasteiger partial charge in [0.05, 0.1) is 12.1 Å². The van der Waals surface area contributed by atoms with Gasteiger partial charge in [0.25, 0.3) is 0 Å². The second-order valence-electron chi connectivity index (χ2n) is 8.86. The highest BCUT2D eigenvalue weighted by Crippen LogP contribution is 2.36. The Morgan fingerprint density at radius 2 is 1.96 bits per heavy atom. The summed E-state index contributed by atoms with van der Waals surface area (Å²) < 4.78 is 5.95. The summed E-state index contributed by atoms with van der Waals surface area (Å²) in [6, 6.07) is 5.31. The van der Waals surface area contributed by atoms with Gasteiger partial charge in [-0.05, 0) is 41.6 Å². The molecule has 136 valence electrons. The Labute approximate surface area is 152 Å². The quantitative estimate of drug-likeness (QED) is 0.487. The first kappa shape index (κ1) is 19.5. The van der Waals surface area contributed by atoms with E-state index in [1.54, 1.807) is 12.1 Å². The van der Waals surface area contributed by atoms with Crippen LogP contribution >= 0.6 is 0 Å². The fourth-order valence-corrected chi connectivity index (χ4v) is 3.82. The van der Waals surface area contributed by atoms with E-state index in [1.807, 2.05) is 6.07 Å². The van der Waals surface area contributed by atoms with E-state index in [-0.39, 0.29) is 17.5 Å². The van der Waals surface area contributed by atoms with Crippen molar-refractivity contribution in [1.29, 1.82) is 0 Å². The summed E-state index contributed by atoms with van der Waals surface area (Å²) in [5, 5.41) is 0. The van der Waals surface area contributed by atoms with Gasteiger partial charge >= 0.3 is 5.97 Å². The first-order chi connectivity index (χ1) is 11.6. The molecule has 3 heteroatoms. The van der Waals surface area contributed by atoms with Crippen LogP contribution in [0, 0.1) is 24.3 Å². The maximum absolute atomic E-state index is 12.8. The van der Waals surface area contributed by atoms with Gasteiger partial charge in [0.1, 0.15) is 6.10 Å². The molecule has 1 saturated carbocycles. The molecule has 0 amide bonds. The lowest BCUT2D eigenvalue weighted by Gasteiger charge is -2.36. The Kier molecular flexibility index (Phi) is 5.93. The highest BCUT2D eigenvalue weighted by Gasteiger charge is 2.33. The predicted molar refractivity (Wildman–Crippen MR) is 102 cm³/mol. The van der Waals surface area contributed by atoms with Crippen molar-refractivity contribution in [2.75, 3.05) is 0 Å². The van der Waals surface area contributed by atoms with Crippen molar-refractivity contribution in [1.82, 2.24) is 0 Å². The maximum atomic E-state index is 12.8. The Morgan fingerprint density at radius 3 is 2.52 bits per heavy atom. The third-order valence-electron chi connectivity index (χ3n) is 5.38. The Balaban J connectivity index is 2.24. The Hall–Kier alpha value is -1.82. The van der Waals surface area contributed by atoms with Crippen LogP contribution in [-0.4, -0.2) is 12.1 Å². The summed E-state index contributed by atoms with van der Waals surface area (Å²) in [4.78, 5) is 16.4. The molecule has 0 heterocycles. The molecule has 2 rings (SSSR count). The van der Waals surface area contributed by atoms with Gasteiger partial charge in [-0.2, -0.15) is 0 Å². The van der Waals surface area contributed by atoms with E-state index in [0.29, 0.717) is 29.0 Å². The van der Waals surface area contributed by atoms with Gasteiger partial charge in [-0.3, -0.25) is 0 Å². The third kappa shape index (κ3) is 4.63. The number of hydrogen-bond donors (Lipinski definition) is 0. The number of rotatable bonds is 3. The zero-order valence-electron chi connectivity index (χ0n) is 16.4. The minimum absolute atomic E-state index is 0.00474. The molecule has 0 saturated heterocycles. The molecule has 3 nitrogen and oxygen atoms in total. The molecule has 0 spiro atoms. The van der Waals surface area contributed by atoms with Gasteiger partial charge in [-0.25, -0.2) is 9.64 Å². The smallest absolute Gasteiger partial charge is 0.338 e. The lowest BCUT2D eigenvalue weighted by atomic mass is 9.75. The zero-order valence-corrected chi connectivity index (χ0v) is 16.4. The lowest BCUT2D eigenvalue weighted by Crippen LogP contribution is -2.35. The van der Waals surface area contributed by atoms with Crippen molar-refractivity contribution >= 4 is 11.7 Å². The second kappa shape index (κ2) is 7.60. The van der Waals surface area contributed by atoms with Gasteiger partial charge in [0.15, 0.2) is 5.69 Å². The molecule has 1 aliphatic carbocycles. The van der Waals surface area contributed by atoms with Crippen molar-refractivity contribution in [2.24, 2.45) is 17.8 Å². The molecule has 0 unspecified atom stereocenters. The van der Waals surface area contributed by atoms with E-state index in [1.165, 1.54) is 6.42 Å². The monoisotopic (exact) mass is 341 g/mol. The minimum atomic E-state index is -0.258. The summed E-state index contributed by atoms with van der Waals surface area (Å²) >= 11 is 0. The molecule has 0 N–H and O–H groups in total. The standard InChI is InChI=1S/C22H31NO2/c1-14(2)17-10-8-15(3)12-20(17)25-21(24)16-9-11-19(23-7)18(13-16)22(4,5)6/h9,11,13-15,17,20H,8,10,12H2,1-6H3/t15-,17+,20-/m1/s1. The topological polar surface area (TPSA) is 30.7 Å². The highest BCUT2D eigenvalue weighted by atomic mass is 16.5. The molecule has 1 aliphatic rings. The van der Waals surface area contributed by atoms with E-state index in [4.69, 9.17) is 11.3 Å². The Bertz CT molecular complexity index is 664. The summed E-state index contributed by atoms with van der Waals surface area (Å²) in [6.45, 7) is 20.2. The fourth-order valence-electron chi connectivity index (χ4n) is 3.82. The van der Waals surface area contributed by atoms with Crippen LogP contribution in [0.25, 0.3) is 4.85 Å². The van der Waals surface area contributed by atoms with Gasteiger partial charge in [0.2, 0.25) is 0 Å². The summed E-state index contributed by atoms with van der Waals surface area (Å²) in [5.74, 6) is 1.29. The van der Waals surface area contributed by atoms with E-state index in [9.17, 15) is 4.79 Å². The summed E-state index contributed by atoms with van der Waals surface area (Å²) in [7, 11) is 0. The molecule has 0 bridgehead atoms. The van der Waals surface area contributed by atoms with Gasteiger partial charge in [-0.1, -0.05) is 66.2 Å². The molecule has 25 heavy (non-hydrogen) atoms. The molecule has 0 radical (unpaired) electrons. The van der Waals surface area contributed by atoms with E-state index in [2.05, 4.69) is 46.4 Å². The number of esters is 1.